The van der Waals surface area contributed by atoms with Crippen LogP contribution < -0.4 is 0 Å². The number of carbonyl (C=O) groups is 1. The van der Waals surface area contributed by atoms with Gasteiger partial charge in [-0.15, -0.1) is 0 Å². The molecule has 17 heavy (non-hydrogen) atoms. The molecule has 1 unspecified atom stereocenters. The second-order valence-corrected chi connectivity index (χ2v) is 7.55. The topological polar surface area (TPSA) is 94.9 Å². The number of β-amino-alcohol motifs (C(OH)–C–C–N with tert-alkyl or cyclic N) is 1. The smallest absolute Gasteiger partial charge is 0.322 e. The van der Waals surface area contributed by atoms with Gasteiger partial charge in [-0.25, -0.2) is 8.42 Å². The van der Waals surface area contributed by atoms with Crippen molar-refractivity contribution in [1.82, 2.24) is 4.31 Å². The third-order valence-electron chi connectivity index (χ3n) is 2.49. The molecular formula is C10H19NO5S. The molecule has 0 amide bonds. The molecule has 1 rings (SSSR count). The van der Waals surface area contributed by atoms with E-state index in [0.717, 1.165) is 4.31 Å². The minimum Gasteiger partial charge on any atom is -0.480 e. The highest BCUT2D eigenvalue weighted by Gasteiger charge is 2.43. The number of carboxylic acid groups (broad SMARTS) is 1. The molecule has 0 aromatic rings. The Morgan fingerprint density at radius 3 is 2.35 bits per heavy atom. The van der Waals surface area contributed by atoms with Crippen LogP contribution in [0, 0.1) is 5.41 Å². The zero-order valence-electron chi connectivity index (χ0n) is 10.3. The van der Waals surface area contributed by atoms with Gasteiger partial charge in [0.1, 0.15) is 6.04 Å². The van der Waals surface area contributed by atoms with E-state index >= 15 is 0 Å². The fourth-order valence-electron chi connectivity index (χ4n) is 1.95. The standard InChI is InChI=1S/C10H19NO5S/c1-10(2,3)6-17(15,16)11-5-7(12)4-8(11)9(13)14/h7-8,12H,4-6H2,1-3H3,(H,13,14)/t7?,8-/m0/s1. The van der Waals surface area contributed by atoms with E-state index in [-0.39, 0.29) is 18.7 Å². The van der Waals surface area contributed by atoms with E-state index in [1.54, 1.807) is 20.8 Å². The first-order valence-corrected chi connectivity index (χ1v) is 7.04. The third-order valence-corrected chi connectivity index (χ3v) is 4.84. The number of aliphatic hydroxyl groups is 1. The normalized spacial score (nSPS) is 27.3. The summed E-state index contributed by atoms with van der Waals surface area (Å²) in [6, 6.07) is -1.14. The first-order chi connectivity index (χ1) is 7.53. The maximum atomic E-state index is 12.1. The molecule has 0 radical (unpaired) electrons. The Bertz CT molecular complexity index is 397. The van der Waals surface area contributed by atoms with Gasteiger partial charge in [0.15, 0.2) is 0 Å². The molecular weight excluding hydrogens is 246 g/mol. The van der Waals surface area contributed by atoms with Crippen LogP contribution in [0.3, 0.4) is 0 Å². The summed E-state index contributed by atoms with van der Waals surface area (Å²) in [5, 5.41) is 18.4. The quantitative estimate of drug-likeness (QED) is 0.742. The van der Waals surface area contributed by atoms with Crippen LogP contribution in [0.25, 0.3) is 0 Å². The van der Waals surface area contributed by atoms with Crippen molar-refractivity contribution in [3.05, 3.63) is 0 Å². The average Bonchev–Trinajstić information content (AvgIpc) is 2.43. The molecule has 0 bridgehead atoms. The fraction of sp³-hybridized carbons (Fsp3) is 0.900. The van der Waals surface area contributed by atoms with Crippen LogP contribution >= 0.6 is 0 Å². The van der Waals surface area contributed by atoms with Crippen LogP contribution in [0.1, 0.15) is 27.2 Å². The van der Waals surface area contributed by atoms with Crippen molar-refractivity contribution in [2.75, 3.05) is 12.3 Å². The van der Waals surface area contributed by atoms with Gasteiger partial charge in [-0.1, -0.05) is 20.8 Å². The zero-order chi connectivity index (χ0) is 13.4. The first kappa shape index (κ1) is 14.4. The Labute approximate surface area is 101 Å². The summed E-state index contributed by atoms with van der Waals surface area (Å²) in [7, 11) is -3.65. The summed E-state index contributed by atoms with van der Waals surface area (Å²) < 4.78 is 25.0. The molecule has 0 aliphatic carbocycles. The third kappa shape index (κ3) is 3.65. The average molecular weight is 265 g/mol. The highest BCUT2D eigenvalue weighted by molar-refractivity contribution is 7.89. The molecule has 0 spiro atoms. The van der Waals surface area contributed by atoms with E-state index in [2.05, 4.69) is 0 Å². The Hall–Kier alpha value is -0.660. The minimum atomic E-state index is -3.65. The number of carboxylic acids is 1. The Morgan fingerprint density at radius 2 is 1.94 bits per heavy atom. The summed E-state index contributed by atoms with van der Waals surface area (Å²) in [5.74, 6) is -1.34. The summed E-state index contributed by atoms with van der Waals surface area (Å²) >= 11 is 0. The van der Waals surface area contributed by atoms with E-state index < -0.39 is 33.6 Å². The molecule has 0 saturated carbocycles. The second-order valence-electron chi connectivity index (χ2n) is 5.63. The largest absolute Gasteiger partial charge is 0.480 e. The number of aliphatic hydroxyl groups excluding tert-OH is 1. The number of rotatable bonds is 3. The van der Waals surface area contributed by atoms with E-state index in [1.165, 1.54) is 0 Å². The molecule has 1 saturated heterocycles. The molecule has 1 fully saturated rings. The monoisotopic (exact) mass is 265 g/mol. The van der Waals surface area contributed by atoms with Gasteiger partial charge in [-0.05, 0) is 5.41 Å². The lowest BCUT2D eigenvalue weighted by atomic mass is 10.0. The van der Waals surface area contributed by atoms with Crippen LogP contribution in [-0.2, 0) is 14.8 Å². The van der Waals surface area contributed by atoms with Crippen molar-refractivity contribution in [2.45, 2.75) is 39.3 Å². The number of nitrogens with zero attached hydrogens (tertiary/aromatic N) is 1. The molecule has 7 heteroatoms. The van der Waals surface area contributed by atoms with Gasteiger partial charge in [-0.2, -0.15) is 4.31 Å². The van der Waals surface area contributed by atoms with E-state index in [4.69, 9.17) is 5.11 Å². The Morgan fingerprint density at radius 1 is 1.41 bits per heavy atom. The number of aliphatic carboxylic acids is 1. The number of hydrogen-bond donors (Lipinski definition) is 2. The van der Waals surface area contributed by atoms with Crippen LogP contribution in [0.5, 0.6) is 0 Å². The summed E-state index contributed by atoms with van der Waals surface area (Å²) in [6.45, 7) is 5.18. The predicted molar refractivity (Wildman–Crippen MR) is 62.0 cm³/mol. The SMILES string of the molecule is CC(C)(C)CS(=O)(=O)N1CC(O)C[C@H]1C(=O)O. The fourth-order valence-corrected chi connectivity index (χ4v) is 4.17. The molecule has 0 aromatic carbocycles. The lowest BCUT2D eigenvalue weighted by Gasteiger charge is -2.25. The van der Waals surface area contributed by atoms with Crippen LogP contribution in [-0.4, -0.2) is 53.3 Å². The van der Waals surface area contributed by atoms with Crippen molar-refractivity contribution < 1.29 is 23.4 Å². The summed E-state index contributed by atoms with van der Waals surface area (Å²) in [5.41, 5.74) is -0.449. The van der Waals surface area contributed by atoms with Gasteiger partial charge >= 0.3 is 5.97 Å². The van der Waals surface area contributed by atoms with E-state index in [9.17, 15) is 18.3 Å². The molecule has 100 valence electrons. The number of hydrogen-bond acceptors (Lipinski definition) is 4. The lowest BCUT2D eigenvalue weighted by Crippen LogP contribution is -2.43. The molecule has 2 atom stereocenters. The van der Waals surface area contributed by atoms with E-state index in [1.807, 2.05) is 0 Å². The Kier molecular flexibility index (Phi) is 3.85. The molecule has 0 aromatic heterocycles. The zero-order valence-corrected chi connectivity index (χ0v) is 11.1. The van der Waals surface area contributed by atoms with Crippen molar-refractivity contribution in [3.8, 4) is 0 Å². The van der Waals surface area contributed by atoms with Crippen molar-refractivity contribution >= 4 is 16.0 Å². The molecule has 2 N–H and O–H groups in total. The maximum Gasteiger partial charge on any atom is 0.322 e. The van der Waals surface area contributed by atoms with Crippen LogP contribution in [0.15, 0.2) is 0 Å². The van der Waals surface area contributed by atoms with Crippen LogP contribution in [0.4, 0.5) is 0 Å². The van der Waals surface area contributed by atoms with E-state index in [0.29, 0.717) is 0 Å². The van der Waals surface area contributed by atoms with Crippen molar-refractivity contribution in [3.63, 3.8) is 0 Å². The van der Waals surface area contributed by atoms with Gasteiger partial charge in [-0.3, -0.25) is 4.79 Å². The molecule has 1 aliphatic heterocycles. The lowest BCUT2D eigenvalue weighted by molar-refractivity contribution is -0.140. The first-order valence-electron chi connectivity index (χ1n) is 5.43. The van der Waals surface area contributed by atoms with Gasteiger partial charge in [0.05, 0.1) is 11.9 Å². The Balaban J connectivity index is 2.94. The highest BCUT2D eigenvalue weighted by Crippen LogP contribution is 2.26. The summed E-state index contributed by atoms with van der Waals surface area (Å²) in [4.78, 5) is 11.0. The van der Waals surface area contributed by atoms with Crippen LogP contribution in [0.2, 0.25) is 0 Å². The molecule has 1 aliphatic rings. The summed E-state index contributed by atoms with van der Waals surface area (Å²) in [6.07, 6.45) is -0.940. The minimum absolute atomic E-state index is 0.0430. The van der Waals surface area contributed by atoms with Crippen molar-refractivity contribution in [2.24, 2.45) is 5.41 Å². The molecule has 6 nitrogen and oxygen atoms in total. The molecule has 1 heterocycles. The van der Waals surface area contributed by atoms with Gasteiger partial charge in [0.25, 0.3) is 0 Å². The number of sulfonamides is 1. The predicted octanol–water partition coefficient (Wildman–Crippen LogP) is -0.118. The van der Waals surface area contributed by atoms with Gasteiger partial charge in [0.2, 0.25) is 10.0 Å². The maximum absolute atomic E-state index is 12.1. The highest BCUT2D eigenvalue weighted by atomic mass is 32.2. The van der Waals surface area contributed by atoms with Gasteiger partial charge in [0, 0.05) is 13.0 Å². The van der Waals surface area contributed by atoms with Gasteiger partial charge < -0.3 is 10.2 Å². The van der Waals surface area contributed by atoms with Crippen molar-refractivity contribution in [1.29, 1.82) is 0 Å². The second kappa shape index (κ2) is 4.55.